The van der Waals surface area contributed by atoms with Crippen LogP contribution in [0.4, 0.5) is 0 Å². The number of likely N-dealkylation sites (tertiary alicyclic amines) is 1. The summed E-state index contributed by atoms with van der Waals surface area (Å²) in [5, 5.41) is 0. The monoisotopic (exact) mass is 419 g/mol. The Labute approximate surface area is 183 Å². The molecule has 3 aromatic rings. The summed E-state index contributed by atoms with van der Waals surface area (Å²) in [5.41, 5.74) is 4.87. The second-order valence-electron chi connectivity index (χ2n) is 8.37. The first kappa shape index (κ1) is 19.9. The van der Waals surface area contributed by atoms with E-state index in [0.29, 0.717) is 0 Å². The van der Waals surface area contributed by atoms with E-state index in [9.17, 15) is 0 Å². The number of nitrogens with zero attached hydrogens (tertiary/aromatic N) is 3. The van der Waals surface area contributed by atoms with E-state index in [1.807, 2.05) is 0 Å². The maximum atomic E-state index is 6.79. The van der Waals surface area contributed by atoms with Crippen LogP contribution in [0.5, 0.6) is 0 Å². The van der Waals surface area contributed by atoms with Gasteiger partial charge in [-0.15, -0.1) is 11.8 Å². The lowest BCUT2D eigenvalue weighted by Crippen LogP contribution is -2.35. The predicted molar refractivity (Wildman–Crippen MR) is 123 cm³/mol. The molecule has 1 fully saturated rings. The molecule has 30 heavy (non-hydrogen) atoms. The molecular formula is C25H29N3OS. The van der Waals surface area contributed by atoms with Crippen LogP contribution in [-0.2, 0) is 17.7 Å². The Morgan fingerprint density at radius 1 is 1.00 bits per heavy atom. The summed E-state index contributed by atoms with van der Waals surface area (Å²) < 4.78 is 9.10. The van der Waals surface area contributed by atoms with Gasteiger partial charge in [-0.1, -0.05) is 36.4 Å². The minimum atomic E-state index is -0.101. The van der Waals surface area contributed by atoms with Gasteiger partial charge in [-0.25, -0.2) is 4.98 Å². The lowest BCUT2D eigenvalue weighted by atomic mass is 10.00. The smallest absolute Gasteiger partial charge is 0.143 e. The Balaban J connectivity index is 1.51. The van der Waals surface area contributed by atoms with Gasteiger partial charge in [-0.05, 0) is 55.8 Å². The number of rotatable bonds is 4. The van der Waals surface area contributed by atoms with Crippen LogP contribution in [-0.4, -0.2) is 46.9 Å². The third kappa shape index (κ3) is 3.94. The zero-order valence-electron chi connectivity index (χ0n) is 17.8. The molecule has 2 aliphatic rings. The second-order valence-corrected chi connectivity index (χ2v) is 9.25. The summed E-state index contributed by atoms with van der Waals surface area (Å²) in [5.74, 6) is 1.04. The van der Waals surface area contributed by atoms with Gasteiger partial charge < -0.3 is 14.2 Å². The molecule has 2 aromatic carbocycles. The van der Waals surface area contributed by atoms with Gasteiger partial charge in [0.15, 0.2) is 0 Å². The van der Waals surface area contributed by atoms with Crippen LogP contribution in [0.25, 0.3) is 11.3 Å². The zero-order chi connectivity index (χ0) is 20.5. The molecule has 4 nitrogen and oxygen atoms in total. The van der Waals surface area contributed by atoms with E-state index in [0.717, 1.165) is 50.4 Å². The van der Waals surface area contributed by atoms with E-state index < -0.39 is 0 Å². The van der Waals surface area contributed by atoms with Crippen molar-refractivity contribution in [2.75, 3.05) is 26.4 Å². The number of aromatic nitrogens is 2. The van der Waals surface area contributed by atoms with Crippen LogP contribution in [0.1, 0.15) is 35.9 Å². The molecule has 5 heteroatoms. The van der Waals surface area contributed by atoms with Crippen LogP contribution in [0.3, 0.4) is 0 Å². The van der Waals surface area contributed by atoms with Crippen LogP contribution in [0.15, 0.2) is 59.6 Å². The molecule has 1 unspecified atom stereocenters. The number of fused-ring (bicyclic) bond motifs is 2. The molecule has 0 saturated carbocycles. The fraction of sp³-hybridized carbons (Fsp3) is 0.400. The molecular weight excluding hydrogens is 390 g/mol. The van der Waals surface area contributed by atoms with E-state index in [2.05, 4.69) is 77.5 Å². The zero-order valence-corrected chi connectivity index (χ0v) is 18.6. The molecule has 0 amide bonds. The van der Waals surface area contributed by atoms with Gasteiger partial charge in [0.05, 0.1) is 11.8 Å². The molecule has 0 N–H and O–H groups in total. The van der Waals surface area contributed by atoms with Crippen molar-refractivity contribution in [3.05, 3.63) is 71.7 Å². The van der Waals surface area contributed by atoms with Crippen molar-refractivity contribution in [2.24, 2.45) is 0 Å². The molecule has 2 aliphatic heterocycles. The van der Waals surface area contributed by atoms with E-state index in [4.69, 9.17) is 9.72 Å². The molecule has 0 bridgehead atoms. The van der Waals surface area contributed by atoms with Gasteiger partial charge >= 0.3 is 0 Å². The van der Waals surface area contributed by atoms with Crippen molar-refractivity contribution in [3.63, 3.8) is 0 Å². The predicted octanol–water partition coefficient (Wildman–Crippen LogP) is 5.03. The van der Waals surface area contributed by atoms with Gasteiger partial charge in [0.2, 0.25) is 0 Å². The highest BCUT2D eigenvalue weighted by atomic mass is 32.2. The topological polar surface area (TPSA) is 30.3 Å². The summed E-state index contributed by atoms with van der Waals surface area (Å²) in [7, 11) is 2.19. The van der Waals surface area contributed by atoms with Gasteiger partial charge in [0, 0.05) is 36.3 Å². The number of thioether (sulfide) groups is 1. The van der Waals surface area contributed by atoms with Gasteiger partial charge in [0.1, 0.15) is 11.9 Å². The number of hydrogen-bond donors (Lipinski definition) is 0. The molecule has 1 saturated heterocycles. The molecule has 1 atom stereocenters. The van der Waals surface area contributed by atoms with E-state index in [1.165, 1.54) is 21.6 Å². The van der Waals surface area contributed by atoms with E-state index in [1.54, 1.807) is 11.8 Å². The van der Waals surface area contributed by atoms with Crippen molar-refractivity contribution in [2.45, 2.75) is 42.9 Å². The molecule has 156 valence electrons. The Morgan fingerprint density at radius 3 is 2.53 bits per heavy atom. The van der Waals surface area contributed by atoms with E-state index in [-0.39, 0.29) is 12.2 Å². The van der Waals surface area contributed by atoms with Gasteiger partial charge in [-0.2, -0.15) is 0 Å². The van der Waals surface area contributed by atoms with E-state index >= 15 is 0 Å². The molecule has 0 spiro atoms. The fourth-order valence-corrected chi connectivity index (χ4v) is 4.97. The number of piperidine rings is 1. The number of ether oxygens (including phenoxy) is 1. The summed E-state index contributed by atoms with van der Waals surface area (Å²) >= 11 is 1.77. The molecule has 1 aromatic heterocycles. The average molecular weight is 420 g/mol. The Kier molecular flexibility index (Phi) is 5.68. The highest BCUT2D eigenvalue weighted by Crippen LogP contribution is 2.36. The van der Waals surface area contributed by atoms with Crippen LogP contribution in [0.2, 0.25) is 0 Å². The van der Waals surface area contributed by atoms with Crippen LogP contribution in [0, 0.1) is 0 Å². The summed E-state index contributed by atoms with van der Waals surface area (Å²) in [6.45, 7) is 3.14. The Hall–Kier alpha value is -2.08. The molecule has 0 aliphatic carbocycles. The van der Waals surface area contributed by atoms with Crippen LogP contribution >= 0.6 is 11.8 Å². The molecule has 0 radical (unpaired) electrons. The fourth-order valence-electron chi connectivity index (χ4n) is 4.56. The first-order valence-electron chi connectivity index (χ1n) is 10.8. The first-order valence-corrected chi connectivity index (χ1v) is 12.1. The lowest BCUT2D eigenvalue weighted by Gasteiger charge is -2.32. The average Bonchev–Trinajstić information content (AvgIpc) is 3.16. The second kappa shape index (κ2) is 8.58. The first-order chi connectivity index (χ1) is 14.7. The van der Waals surface area contributed by atoms with Crippen molar-refractivity contribution in [1.82, 2.24) is 14.5 Å². The van der Waals surface area contributed by atoms with Crippen LogP contribution < -0.4 is 0 Å². The number of hydrogen-bond acceptors (Lipinski definition) is 4. The van der Waals surface area contributed by atoms with Crippen molar-refractivity contribution < 1.29 is 4.74 Å². The van der Waals surface area contributed by atoms with Crippen molar-refractivity contribution >= 4 is 11.8 Å². The van der Waals surface area contributed by atoms with Gasteiger partial charge in [-0.3, -0.25) is 0 Å². The quantitative estimate of drug-likeness (QED) is 0.555. The largest absolute Gasteiger partial charge is 0.362 e. The summed E-state index contributed by atoms with van der Waals surface area (Å²) in [4.78, 5) is 8.78. The standard InChI is InChI=1S/C25H29N3OS/c1-27-14-12-20(13-15-27)29-24-22-6-4-3-5-18(22)11-16-28-17-23(26-25(24)28)19-7-9-21(30-2)10-8-19/h3-10,17,20,24H,11-16H2,1-2H3. The maximum absolute atomic E-state index is 6.79. The third-order valence-corrected chi connectivity index (χ3v) is 7.12. The number of imidazole rings is 1. The van der Waals surface area contributed by atoms with Crippen molar-refractivity contribution in [3.8, 4) is 11.3 Å². The maximum Gasteiger partial charge on any atom is 0.143 e. The van der Waals surface area contributed by atoms with Gasteiger partial charge in [0.25, 0.3) is 0 Å². The third-order valence-electron chi connectivity index (χ3n) is 6.38. The highest BCUT2D eigenvalue weighted by molar-refractivity contribution is 7.98. The van der Waals surface area contributed by atoms with Crippen molar-refractivity contribution in [1.29, 1.82) is 0 Å². The lowest BCUT2D eigenvalue weighted by molar-refractivity contribution is -0.0275. The normalized spacial score (nSPS) is 19.9. The molecule has 5 rings (SSSR count). The Morgan fingerprint density at radius 2 is 1.77 bits per heavy atom. The minimum Gasteiger partial charge on any atom is -0.362 e. The summed E-state index contributed by atoms with van der Waals surface area (Å²) in [6, 6.07) is 17.4. The highest BCUT2D eigenvalue weighted by Gasteiger charge is 2.30. The Bertz CT molecular complexity index is 1010. The number of aryl methyl sites for hydroxylation is 2. The molecule has 3 heterocycles. The minimum absolute atomic E-state index is 0.101. The SMILES string of the molecule is CSc1ccc(-c2cn3c(n2)C(OC2CCN(C)CC2)c2ccccc2CC3)cc1. The number of benzene rings is 2. The summed E-state index contributed by atoms with van der Waals surface area (Å²) in [6.07, 6.45) is 7.68.